The summed E-state index contributed by atoms with van der Waals surface area (Å²) in [4.78, 5) is 21.1. The van der Waals surface area contributed by atoms with Crippen molar-refractivity contribution in [1.29, 1.82) is 0 Å². The summed E-state index contributed by atoms with van der Waals surface area (Å²) in [5, 5.41) is 14.2. The summed E-state index contributed by atoms with van der Waals surface area (Å²) in [7, 11) is 2.08. The number of carbonyl (C=O) groups excluding carboxylic acids is 1. The Balaban J connectivity index is 1.82. The van der Waals surface area contributed by atoms with E-state index >= 15 is 0 Å². The topological polar surface area (TPSA) is 68.7 Å². The minimum atomic E-state index is -0.745. The number of piperidine rings is 1. The molecule has 6 heteroatoms. The summed E-state index contributed by atoms with van der Waals surface area (Å²) in [6, 6.07) is 11.0. The lowest BCUT2D eigenvalue weighted by Crippen LogP contribution is -2.45. The maximum absolute atomic E-state index is 12.6. The maximum Gasteiger partial charge on any atom is 0.259 e. The number of hydrogen-bond donors (Lipinski definition) is 2. The molecule has 1 amide bonds. The molecule has 0 saturated carbocycles. The number of pyridine rings is 1. The number of amides is 1. The number of rotatable bonds is 2. The van der Waals surface area contributed by atoms with E-state index in [4.69, 9.17) is 0 Å². The molecule has 2 N–H and O–H groups in total. The third kappa shape index (κ3) is 2.88. The number of fused-ring (bicyclic) bond motifs is 2. The molecule has 3 heterocycles. The molecule has 1 fully saturated rings. The second kappa shape index (κ2) is 6.46. The standard InChI is InChI=1S/C19H22N4O2/c1-22-11-5-6-13(12-22)19(25)23-16-9-3-2-8-15(16)21-18(24)14-7-4-10-20-17(14)23/h2-4,7-10,13,19,25H,5-6,11-12H2,1H3,(H,21,24). The molecule has 1 aromatic carbocycles. The van der Waals surface area contributed by atoms with Gasteiger partial charge in [0.1, 0.15) is 12.0 Å². The Bertz CT molecular complexity index is 794. The monoisotopic (exact) mass is 338 g/mol. The first-order chi connectivity index (χ1) is 12.1. The van der Waals surface area contributed by atoms with Crippen molar-refractivity contribution in [3.8, 4) is 0 Å². The number of para-hydroxylation sites is 2. The fraction of sp³-hybridized carbons (Fsp3) is 0.368. The molecule has 2 atom stereocenters. The predicted molar refractivity (Wildman–Crippen MR) is 97.0 cm³/mol. The number of hydrogen-bond acceptors (Lipinski definition) is 5. The van der Waals surface area contributed by atoms with Gasteiger partial charge in [-0.05, 0) is 50.7 Å². The van der Waals surface area contributed by atoms with Crippen molar-refractivity contribution in [1.82, 2.24) is 9.88 Å². The number of aliphatic hydroxyl groups excluding tert-OH is 1. The van der Waals surface area contributed by atoms with Gasteiger partial charge < -0.3 is 15.3 Å². The number of carbonyl (C=O) groups is 1. The van der Waals surface area contributed by atoms with Crippen LogP contribution in [0.1, 0.15) is 23.2 Å². The van der Waals surface area contributed by atoms with Gasteiger partial charge in [0.25, 0.3) is 5.91 Å². The van der Waals surface area contributed by atoms with E-state index in [1.165, 1.54) is 0 Å². The molecule has 2 aliphatic heterocycles. The van der Waals surface area contributed by atoms with Gasteiger partial charge >= 0.3 is 0 Å². The van der Waals surface area contributed by atoms with Gasteiger partial charge in [-0.2, -0.15) is 0 Å². The van der Waals surface area contributed by atoms with E-state index in [-0.39, 0.29) is 11.8 Å². The zero-order valence-electron chi connectivity index (χ0n) is 14.2. The molecule has 0 aliphatic carbocycles. The van der Waals surface area contributed by atoms with Crippen LogP contribution < -0.4 is 10.2 Å². The summed E-state index contributed by atoms with van der Waals surface area (Å²) in [6.07, 6.45) is 2.92. The van der Waals surface area contributed by atoms with Gasteiger partial charge in [-0.15, -0.1) is 0 Å². The van der Waals surface area contributed by atoms with Crippen LogP contribution in [0.25, 0.3) is 0 Å². The Labute approximate surface area is 147 Å². The highest BCUT2D eigenvalue weighted by molar-refractivity contribution is 6.11. The van der Waals surface area contributed by atoms with Gasteiger partial charge in [-0.1, -0.05) is 12.1 Å². The zero-order chi connectivity index (χ0) is 17.4. The van der Waals surface area contributed by atoms with E-state index in [1.54, 1.807) is 18.3 Å². The van der Waals surface area contributed by atoms with E-state index in [0.29, 0.717) is 17.1 Å². The second-order valence-corrected chi connectivity index (χ2v) is 6.79. The first-order valence-corrected chi connectivity index (χ1v) is 8.66. The number of nitrogens with one attached hydrogen (secondary N) is 1. The van der Waals surface area contributed by atoms with Crippen LogP contribution in [0.5, 0.6) is 0 Å². The average molecular weight is 338 g/mol. The first kappa shape index (κ1) is 16.1. The van der Waals surface area contributed by atoms with Crippen molar-refractivity contribution in [2.75, 3.05) is 30.4 Å². The molecule has 0 radical (unpaired) electrons. The minimum absolute atomic E-state index is 0.0925. The van der Waals surface area contributed by atoms with Crippen LogP contribution in [0.3, 0.4) is 0 Å². The molecule has 130 valence electrons. The Hall–Kier alpha value is -2.44. The lowest BCUT2D eigenvalue weighted by atomic mass is 9.95. The third-order valence-electron chi connectivity index (χ3n) is 5.02. The van der Waals surface area contributed by atoms with Gasteiger partial charge in [0, 0.05) is 18.7 Å². The van der Waals surface area contributed by atoms with Crippen molar-refractivity contribution in [3.63, 3.8) is 0 Å². The molecule has 2 aromatic rings. The summed E-state index contributed by atoms with van der Waals surface area (Å²) in [5.74, 6) is 0.395. The lowest BCUT2D eigenvalue weighted by Gasteiger charge is -2.38. The average Bonchev–Trinajstić information content (AvgIpc) is 2.75. The van der Waals surface area contributed by atoms with Crippen LogP contribution in [0, 0.1) is 5.92 Å². The van der Waals surface area contributed by atoms with Crippen LogP contribution >= 0.6 is 0 Å². The Morgan fingerprint density at radius 1 is 1.28 bits per heavy atom. The van der Waals surface area contributed by atoms with Crippen LogP contribution in [0.2, 0.25) is 0 Å². The number of benzene rings is 1. The normalized spacial score (nSPS) is 21.8. The highest BCUT2D eigenvalue weighted by atomic mass is 16.3. The van der Waals surface area contributed by atoms with Crippen LogP contribution in [0.4, 0.5) is 17.2 Å². The summed E-state index contributed by atoms with van der Waals surface area (Å²) >= 11 is 0. The first-order valence-electron chi connectivity index (χ1n) is 8.66. The Morgan fingerprint density at radius 2 is 2.12 bits per heavy atom. The predicted octanol–water partition coefficient (Wildman–Crippen LogP) is 2.45. The van der Waals surface area contributed by atoms with E-state index in [0.717, 1.165) is 31.6 Å². The van der Waals surface area contributed by atoms with Crippen molar-refractivity contribution in [2.24, 2.45) is 5.92 Å². The van der Waals surface area contributed by atoms with Crippen molar-refractivity contribution in [2.45, 2.75) is 19.1 Å². The maximum atomic E-state index is 12.6. The third-order valence-corrected chi connectivity index (χ3v) is 5.02. The largest absolute Gasteiger partial charge is 0.373 e. The van der Waals surface area contributed by atoms with Gasteiger partial charge in [0.05, 0.1) is 16.9 Å². The summed E-state index contributed by atoms with van der Waals surface area (Å²) in [5.41, 5.74) is 1.93. The second-order valence-electron chi connectivity index (χ2n) is 6.79. The molecule has 1 aromatic heterocycles. The summed E-state index contributed by atoms with van der Waals surface area (Å²) < 4.78 is 0. The fourth-order valence-electron chi connectivity index (χ4n) is 3.79. The SMILES string of the molecule is CN1CCCC(C(O)N2c3ccccc3NC(=O)c3cccnc32)C1. The van der Waals surface area contributed by atoms with Crippen LogP contribution in [-0.2, 0) is 0 Å². The Kier molecular flexibility index (Phi) is 4.15. The molecule has 2 aliphatic rings. The zero-order valence-corrected chi connectivity index (χ0v) is 14.2. The minimum Gasteiger partial charge on any atom is -0.373 e. The van der Waals surface area contributed by atoms with Crippen LogP contribution in [0.15, 0.2) is 42.6 Å². The van der Waals surface area contributed by atoms with E-state index in [9.17, 15) is 9.90 Å². The van der Waals surface area contributed by atoms with Gasteiger partial charge in [-0.3, -0.25) is 9.69 Å². The number of anilines is 3. The van der Waals surface area contributed by atoms with Gasteiger partial charge in [0.15, 0.2) is 0 Å². The molecule has 25 heavy (non-hydrogen) atoms. The van der Waals surface area contributed by atoms with Crippen molar-refractivity contribution in [3.05, 3.63) is 48.2 Å². The molecule has 1 saturated heterocycles. The van der Waals surface area contributed by atoms with Gasteiger partial charge in [0.2, 0.25) is 0 Å². The molecule has 2 unspecified atom stereocenters. The Morgan fingerprint density at radius 3 is 2.96 bits per heavy atom. The molecule has 0 bridgehead atoms. The molecular formula is C19H22N4O2. The fourth-order valence-corrected chi connectivity index (χ4v) is 3.79. The highest BCUT2D eigenvalue weighted by Gasteiger charge is 2.35. The summed E-state index contributed by atoms with van der Waals surface area (Å²) in [6.45, 7) is 1.87. The molecule has 4 rings (SSSR count). The van der Waals surface area contributed by atoms with E-state index in [1.807, 2.05) is 29.2 Å². The van der Waals surface area contributed by atoms with Crippen molar-refractivity contribution >= 4 is 23.1 Å². The number of aromatic nitrogens is 1. The molecule has 0 spiro atoms. The number of nitrogens with zero attached hydrogens (tertiary/aromatic N) is 3. The van der Waals surface area contributed by atoms with Gasteiger partial charge in [-0.25, -0.2) is 4.98 Å². The lowest BCUT2D eigenvalue weighted by molar-refractivity contribution is 0.0639. The quantitative estimate of drug-likeness (QED) is 0.880. The highest BCUT2D eigenvalue weighted by Crippen LogP contribution is 2.39. The van der Waals surface area contributed by atoms with Crippen molar-refractivity contribution < 1.29 is 9.90 Å². The van der Waals surface area contributed by atoms with Crippen LogP contribution in [-0.4, -0.2) is 47.3 Å². The molecular weight excluding hydrogens is 316 g/mol. The van der Waals surface area contributed by atoms with E-state index < -0.39 is 6.23 Å². The smallest absolute Gasteiger partial charge is 0.259 e. The number of aliphatic hydroxyl groups is 1. The van der Waals surface area contributed by atoms with E-state index in [2.05, 4.69) is 22.2 Å². The number of likely N-dealkylation sites (tertiary alicyclic amines) is 1. The molecule has 6 nitrogen and oxygen atoms in total.